The Kier molecular flexibility index (Phi) is 2.59. The fourth-order valence-corrected chi connectivity index (χ4v) is 3.13. The first-order chi connectivity index (χ1) is 9.13. The average Bonchev–Trinajstić information content (AvgIpc) is 2.97. The third-order valence-corrected chi connectivity index (χ3v) is 4.14. The van der Waals surface area contributed by atoms with Crippen molar-refractivity contribution in [3.8, 4) is 10.8 Å². The van der Waals surface area contributed by atoms with Gasteiger partial charge in [0.1, 0.15) is 4.83 Å². The summed E-state index contributed by atoms with van der Waals surface area (Å²) in [5.74, 6) is 0.349. The number of hydrogen-bond donors (Lipinski definition) is 1. The van der Waals surface area contributed by atoms with Crippen molar-refractivity contribution in [3.05, 3.63) is 32.8 Å². The highest BCUT2D eigenvalue weighted by Gasteiger charge is 2.18. The molecule has 7 nitrogen and oxygen atoms in total. The predicted molar refractivity (Wildman–Crippen MR) is 70.4 cm³/mol. The molecule has 3 aromatic rings. The van der Waals surface area contributed by atoms with Gasteiger partial charge >= 0.3 is 5.69 Å². The Balaban J connectivity index is 2.43. The molecule has 0 fully saturated rings. The molecule has 0 saturated heterocycles. The largest absolute Gasteiger partial charge is 0.423 e. The normalized spacial score (nSPS) is 11.3. The number of aromatic nitrogens is 4. The number of thiophene rings is 1. The van der Waals surface area contributed by atoms with Crippen LogP contribution in [0.25, 0.3) is 21.0 Å². The zero-order valence-electron chi connectivity index (χ0n) is 10.3. The van der Waals surface area contributed by atoms with E-state index in [0.717, 1.165) is 5.56 Å². The van der Waals surface area contributed by atoms with Crippen LogP contribution in [0.5, 0.6) is 0 Å². The summed E-state index contributed by atoms with van der Waals surface area (Å²) in [5.41, 5.74) is 0.0480. The van der Waals surface area contributed by atoms with Crippen LogP contribution in [0.3, 0.4) is 0 Å². The Morgan fingerprint density at radius 3 is 2.89 bits per heavy atom. The molecule has 0 aliphatic rings. The van der Waals surface area contributed by atoms with Crippen LogP contribution in [0.1, 0.15) is 12.5 Å². The Morgan fingerprint density at radius 1 is 1.47 bits per heavy atom. The van der Waals surface area contributed by atoms with Gasteiger partial charge in [0.25, 0.3) is 11.4 Å². The smallest absolute Gasteiger partial charge is 0.329 e. The van der Waals surface area contributed by atoms with E-state index in [-0.39, 0.29) is 5.56 Å². The predicted octanol–water partition coefficient (Wildman–Crippen LogP) is 1.13. The molecule has 3 aromatic heterocycles. The third kappa shape index (κ3) is 1.64. The van der Waals surface area contributed by atoms with Crippen molar-refractivity contribution in [2.45, 2.75) is 20.4 Å². The summed E-state index contributed by atoms with van der Waals surface area (Å²) in [5, 5.41) is 7.95. The van der Waals surface area contributed by atoms with Crippen molar-refractivity contribution in [2.24, 2.45) is 0 Å². The monoisotopic (exact) mass is 278 g/mol. The maximum absolute atomic E-state index is 12.3. The van der Waals surface area contributed by atoms with E-state index >= 15 is 0 Å². The van der Waals surface area contributed by atoms with E-state index in [4.69, 9.17) is 4.42 Å². The first kappa shape index (κ1) is 11.8. The molecule has 3 heterocycles. The molecular weight excluding hydrogens is 268 g/mol. The highest BCUT2D eigenvalue weighted by molar-refractivity contribution is 7.22. The number of nitrogens with zero attached hydrogens (tertiary/aromatic N) is 3. The van der Waals surface area contributed by atoms with Crippen LogP contribution in [0.4, 0.5) is 0 Å². The molecule has 0 saturated carbocycles. The lowest BCUT2D eigenvalue weighted by atomic mass is 10.2. The number of fused-ring (bicyclic) bond motifs is 1. The Bertz CT molecular complexity index is 857. The van der Waals surface area contributed by atoms with E-state index in [0.29, 0.717) is 27.5 Å². The van der Waals surface area contributed by atoms with Crippen molar-refractivity contribution in [1.29, 1.82) is 0 Å². The van der Waals surface area contributed by atoms with Gasteiger partial charge in [0.05, 0.1) is 10.3 Å². The summed E-state index contributed by atoms with van der Waals surface area (Å²) in [6, 6.07) is 0. The van der Waals surface area contributed by atoms with Gasteiger partial charge in [-0.15, -0.1) is 21.5 Å². The second-order valence-electron chi connectivity index (χ2n) is 3.98. The standard InChI is InChI=1S/C11H10N4O3S/c1-3-15-10(16)6-5(2)7(8-14-12-4-18-8)19-9(6)13-11(15)17/h4H,3H2,1-2H3,(H,13,17). The van der Waals surface area contributed by atoms with E-state index in [1.165, 1.54) is 22.3 Å². The number of rotatable bonds is 2. The zero-order chi connectivity index (χ0) is 13.6. The van der Waals surface area contributed by atoms with Gasteiger partial charge in [-0.3, -0.25) is 14.3 Å². The number of hydrogen-bond acceptors (Lipinski definition) is 6. The minimum Gasteiger partial charge on any atom is -0.423 e. The van der Waals surface area contributed by atoms with Crippen molar-refractivity contribution in [1.82, 2.24) is 19.7 Å². The summed E-state index contributed by atoms with van der Waals surface area (Å²) < 4.78 is 6.31. The van der Waals surface area contributed by atoms with Gasteiger partial charge in [0.15, 0.2) is 0 Å². The van der Waals surface area contributed by atoms with Crippen molar-refractivity contribution >= 4 is 21.6 Å². The van der Waals surface area contributed by atoms with Gasteiger partial charge in [-0.2, -0.15) is 0 Å². The SMILES string of the molecule is CCn1c(=O)[nH]c2sc(-c3nnco3)c(C)c2c1=O. The molecule has 0 unspecified atom stereocenters. The molecule has 3 rings (SSSR count). The van der Waals surface area contributed by atoms with E-state index in [2.05, 4.69) is 15.2 Å². The molecule has 8 heteroatoms. The maximum Gasteiger partial charge on any atom is 0.329 e. The molecule has 0 amide bonds. The first-order valence-corrected chi connectivity index (χ1v) is 6.48. The summed E-state index contributed by atoms with van der Waals surface area (Å²) in [6.45, 7) is 3.89. The van der Waals surface area contributed by atoms with Crippen molar-refractivity contribution in [2.75, 3.05) is 0 Å². The molecule has 98 valence electrons. The average molecular weight is 278 g/mol. The highest BCUT2D eigenvalue weighted by Crippen LogP contribution is 2.33. The van der Waals surface area contributed by atoms with Crippen LogP contribution in [0.15, 0.2) is 20.4 Å². The van der Waals surface area contributed by atoms with Gasteiger partial charge in [0, 0.05) is 6.54 Å². The van der Waals surface area contributed by atoms with Crippen molar-refractivity contribution in [3.63, 3.8) is 0 Å². The van der Waals surface area contributed by atoms with Crippen LogP contribution in [0.2, 0.25) is 0 Å². The highest BCUT2D eigenvalue weighted by atomic mass is 32.1. The number of aromatic amines is 1. The van der Waals surface area contributed by atoms with Crippen LogP contribution >= 0.6 is 11.3 Å². The molecule has 0 aliphatic carbocycles. The molecule has 1 N–H and O–H groups in total. The Hall–Kier alpha value is -2.22. The number of nitrogens with one attached hydrogen (secondary N) is 1. The van der Waals surface area contributed by atoms with E-state index in [1.807, 2.05) is 0 Å². The topological polar surface area (TPSA) is 93.8 Å². The molecule has 19 heavy (non-hydrogen) atoms. The molecule has 0 bridgehead atoms. The summed E-state index contributed by atoms with van der Waals surface area (Å²) in [7, 11) is 0. The molecule has 0 spiro atoms. The van der Waals surface area contributed by atoms with Gasteiger partial charge < -0.3 is 4.42 Å². The lowest BCUT2D eigenvalue weighted by Gasteiger charge is -1.99. The van der Waals surface area contributed by atoms with E-state index in [1.54, 1.807) is 13.8 Å². The summed E-state index contributed by atoms with van der Waals surface area (Å²) in [6.07, 6.45) is 1.23. The maximum atomic E-state index is 12.3. The second kappa shape index (κ2) is 4.16. The Morgan fingerprint density at radius 2 is 2.26 bits per heavy atom. The van der Waals surface area contributed by atoms with Crippen LogP contribution in [0, 0.1) is 6.92 Å². The fraction of sp³-hybridized carbons (Fsp3) is 0.273. The van der Waals surface area contributed by atoms with Gasteiger partial charge in [-0.05, 0) is 19.4 Å². The van der Waals surface area contributed by atoms with Gasteiger partial charge in [0.2, 0.25) is 6.39 Å². The molecular formula is C11H10N4O3S. The molecule has 0 aromatic carbocycles. The van der Waals surface area contributed by atoms with Crippen molar-refractivity contribution < 1.29 is 4.42 Å². The second-order valence-corrected chi connectivity index (χ2v) is 5.00. The first-order valence-electron chi connectivity index (χ1n) is 5.66. The van der Waals surface area contributed by atoms with E-state index < -0.39 is 5.69 Å². The van der Waals surface area contributed by atoms with Crippen LogP contribution in [-0.4, -0.2) is 19.7 Å². The lowest BCUT2D eigenvalue weighted by Crippen LogP contribution is -2.34. The molecule has 0 aliphatic heterocycles. The quantitative estimate of drug-likeness (QED) is 0.758. The molecule has 0 atom stereocenters. The van der Waals surface area contributed by atoms with Crippen LogP contribution < -0.4 is 11.2 Å². The summed E-state index contributed by atoms with van der Waals surface area (Å²) >= 11 is 1.26. The zero-order valence-corrected chi connectivity index (χ0v) is 11.1. The number of H-pyrrole nitrogens is 1. The number of aryl methyl sites for hydroxylation is 1. The fourth-order valence-electron chi connectivity index (χ4n) is 2.01. The lowest BCUT2D eigenvalue weighted by molar-refractivity contribution is 0.570. The molecule has 0 radical (unpaired) electrons. The summed E-state index contributed by atoms with van der Waals surface area (Å²) in [4.78, 5) is 28.0. The minimum absolute atomic E-state index is 0.291. The van der Waals surface area contributed by atoms with Crippen LogP contribution in [-0.2, 0) is 6.54 Å². The Labute approximate surface area is 110 Å². The van der Waals surface area contributed by atoms with E-state index in [9.17, 15) is 9.59 Å². The third-order valence-electron chi connectivity index (χ3n) is 2.94. The van der Waals surface area contributed by atoms with Gasteiger partial charge in [-0.1, -0.05) is 0 Å². The minimum atomic E-state index is -0.404. The van der Waals surface area contributed by atoms with Gasteiger partial charge in [-0.25, -0.2) is 4.79 Å².